The van der Waals surface area contributed by atoms with Gasteiger partial charge in [0.25, 0.3) is 5.91 Å². The number of aryl methyl sites for hydroxylation is 1. The second kappa shape index (κ2) is 8.69. The summed E-state index contributed by atoms with van der Waals surface area (Å²) in [5.74, 6) is -0.115. The van der Waals surface area contributed by atoms with Crippen molar-refractivity contribution in [1.29, 1.82) is 0 Å². The number of fused-ring (bicyclic) bond motifs is 1. The largest absolute Gasteiger partial charge is 0.351 e. The molecule has 0 aliphatic heterocycles. The predicted octanol–water partition coefficient (Wildman–Crippen LogP) is 4.19. The van der Waals surface area contributed by atoms with E-state index in [1.165, 1.54) is 0 Å². The number of rotatable bonds is 7. The number of hydrogen-bond donors (Lipinski definition) is 2. The first-order valence-corrected chi connectivity index (χ1v) is 9.93. The molecule has 3 heterocycles. The summed E-state index contributed by atoms with van der Waals surface area (Å²) in [6.45, 7) is 2.46. The van der Waals surface area contributed by atoms with Crippen molar-refractivity contribution >= 4 is 22.6 Å². The highest BCUT2D eigenvalue weighted by molar-refractivity contribution is 5.99. The van der Waals surface area contributed by atoms with Gasteiger partial charge < -0.3 is 10.3 Å². The molecule has 3 aromatic heterocycles. The average molecular weight is 398 g/mol. The Morgan fingerprint density at radius 2 is 1.77 bits per heavy atom. The number of pyridine rings is 2. The lowest BCUT2D eigenvalue weighted by Crippen LogP contribution is -2.22. The van der Waals surface area contributed by atoms with E-state index in [0.717, 1.165) is 27.6 Å². The van der Waals surface area contributed by atoms with Crippen LogP contribution in [0.3, 0.4) is 0 Å². The zero-order valence-electron chi connectivity index (χ0n) is 16.7. The summed E-state index contributed by atoms with van der Waals surface area (Å²) in [5, 5.41) is 3.73. The van der Waals surface area contributed by atoms with E-state index >= 15 is 0 Å². The number of carbonyl (C=O) groups excluding carboxylic acids is 2. The third-order valence-electron chi connectivity index (χ3n) is 4.97. The minimum absolute atomic E-state index is 0.00917. The van der Waals surface area contributed by atoms with E-state index in [1.54, 1.807) is 18.6 Å². The molecule has 6 heteroatoms. The van der Waals surface area contributed by atoms with Crippen LogP contribution in [0.2, 0.25) is 0 Å². The van der Waals surface area contributed by atoms with Crippen LogP contribution in [0.1, 0.15) is 39.9 Å². The standard InChI is InChI=1S/C24H22N4O2/c1-2-26-24(30)22-15-19-13-17(4-5-20(19)28-22)18-9-12-27-21(14-18)23(29)6-3-16-7-10-25-11-8-16/h4-5,7-15,28H,2-3,6H2,1H3,(H,26,30). The number of hydrogen-bond acceptors (Lipinski definition) is 4. The SMILES string of the molecule is CCNC(=O)c1cc2cc(-c3ccnc(C(=O)CCc4ccncc4)c3)ccc2[nH]1. The molecule has 0 unspecified atom stereocenters. The van der Waals surface area contributed by atoms with Crippen molar-refractivity contribution in [2.75, 3.05) is 6.54 Å². The maximum absolute atomic E-state index is 12.6. The number of carbonyl (C=O) groups is 2. The first kappa shape index (κ1) is 19.5. The first-order chi connectivity index (χ1) is 14.6. The maximum atomic E-state index is 12.6. The van der Waals surface area contributed by atoms with Gasteiger partial charge in [-0.25, -0.2) is 0 Å². The molecule has 150 valence electrons. The number of benzene rings is 1. The van der Waals surface area contributed by atoms with Gasteiger partial charge in [0.15, 0.2) is 5.78 Å². The molecule has 0 saturated carbocycles. The normalized spacial score (nSPS) is 10.8. The molecule has 0 spiro atoms. The molecule has 2 N–H and O–H groups in total. The lowest BCUT2D eigenvalue weighted by molar-refractivity contribution is 0.0949. The Bertz CT molecular complexity index is 1200. The molecule has 6 nitrogen and oxygen atoms in total. The van der Waals surface area contributed by atoms with Crippen LogP contribution < -0.4 is 5.32 Å². The van der Waals surface area contributed by atoms with Gasteiger partial charge in [-0.1, -0.05) is 6.07 Å². The van der Waals surface area contributed by atoms with Gasteiger partial charge in [0.2, 0.25) is 0 Å². The summed E-state index contributed by atoms with van der Waals surface area (Å²) in [6.07, 6.45) is 6.18. The van der Waals surface area contributed by atoms with Gasteiger partial charge in [-0.2, -0.15) is 0 Å². The number of aromatic amines is 1. The molecule has 4 rings (SSSR count). The molecule has 1 aromatic carbocycles. The Labute approximate surface area is 174 Å². The molecule has 0 atom stereocenters. The van der Waals surface area contributed by atoms with Crippen LogP contribution >= 0.6 is 0 Å². The highest BCUT2D eigenvalue weighted by atomic mass is 16.1. The molecule has 0 bridgehead atoms. The van der Waals surface area contributed by atoms with Crippen molar-refractivity contribution < 1.29 is 9.59 Å². The number of nitrogens with one attached hydrogen (secondary N) is 2. The van der Waals surface area contributed by atoms with Crippen molar-refractivity contribution in [2.24, 2.45) is 0 Å². The third kappa shape index (κ3) is 4.27. The van der Waals surface area contributed by atoms with Crippen LogP contribution in [-0.2, 0) is 6.42 Å². The summed E-state index contributed by atoms with van der Waals surface area (Å²) in [4.78, 5) is 36.1. The molecule has 0 fully saturated rings. The first-order valence-electron chi connectivity index (χ1n) is 9.93. The number of amides is 1. The van der Waals surface area contributed by atoms with E-state index in [9.17, 15) is 9.59 Å². The van der Waals surface area contributed by atoms with Crippen LogP contribution in [0, 0.1) is 0 Å². The van der Waals surface area contributed by atoms with Crippen molar-refractivity contribution in [3.8, 4) is 11.1 Å². The van der Waals surface area contributed by atoms with Gasteiger partial charge in [-0.3, -0.25) is 19.6 Å². The summed E-state index contributed by atoms with van der Waals surface area (Å²) in [6, 6.07) is 15.3. The molecule has 0 radical (unpaired) electrons. The maximum Gasteiger partial charge on any atom is 0.267 e. The number of aromatic nitrogens is 3. The minimum Gasteiger partial charge on any atom is -0.351 e. The summed E-state index contributed by atoms with van der Waals surface area (Å²) in [7, 11) is 0. The van der Waals surface area contributed by atoms with Crippen LogP contribution in [0.5, 0.6) is 0 Å². The zero-order chi connectivity index (χ0) is 20.9. The molecule has 4 aromatic rings. The van der Waals surface area contributed by atoms with Crippen molar-refractivity contribution in [3.05, 3.63) is 84.1 Å². The molecule has 0 aliphatic carbocycles. The highest BCUT2D eigenvalue weighted by Crippen LogP contribution is 2.25. The lowest BCUT2D eigenvalue weighted by Gasteiger charge is -2.05. The fourth-order valence-corrected chi connectivity index (χ4v) is 3.39. The fraction of sp³-hybridized carbons (Fsp3) is 0.167. The topological polar surface area (TPSA) is 87.7 Å². The number of Topliss-reactive ketones (excluding diaryl/α,β-unsaturated/α-hetero) is 1. The summed E-state index contributed by atoms with van der Waals surface area (Å²) >= 11 is 0. The molecule has 0 saturated heterocycles. The number of H-pyrrole nitrogens is 1. The van der Waals surface area contributed by atoms with Gasteiger partial charge >= 0.3 is 0 Å². The second-order valence-corrected chi connectivity index (χ2v) is 7.05. The molecule has 0 aliphatic rings. The number of ketones is 1. The Morgan fingerprint density at radius 1 is 0.967 bits per heavy atom. The lowest BCUT2D eigenvalue weighted by atomic mass is 10.0. The van der Waals surface area contributed by atoms with Gasteiger partial charge in [-0.15, -0.1) is 0 Å². The zero-order valence-corrected chi connectivity index (χ0v) is 16.7. The van der Waals surface area contributed by atoms with Gasteiger partial charge in [0.1, 0.15) is 11.4 Å². The Balaban J connectivity index is 1.54. The van der Waals surface area contributed by atoms with E-state index in [0.29, 0.717) is 30.8 Å². The van der Waals surface area contributed by atoms with Crippen molar-refractivity contribution in [2.45, 2.75) is 19.8 Å². The molecule has 1 amide bonds. The molecule has 30 heavy (non-hydrogen) atoms. The molecular formula is C24H22N4O2. The Kier molecular flexibility index (Phi) is 5.66. The van der Waals surface area contributed by atoms with Crippen LogP contribution in [0.15, 0.2) is 67.1 Å². The predicted molar refractivity (Wildman–Crippen MR) is 116 cm³/mol. The summed E-state index contributed by atoms with van der Waals surface area (Å²) in [5.41, 5.74) is 4.84. The van der Waals surface area contributed by atoms with Crippen LogP contribution in [-0.4, -0.2) is 33.2 Å². The Morgan fingerprint density at radius 3 is 2.57 bits per heavy atom. The van der Waals surface area contributed by atoms with Crippen LogP contribution in [0.25, 0.3) is 22.0 Å². The fourth-order valence-electron chi connectivity index (χ4n) is 3.39. The smallest absolute Gasteiger partial charge is 0.267 e. The third-order valence-corrected chi connectivity index (χ3v) is 4.97. The van der Waals surface area contributed by atoms with Crippen molar-refractivity contribution in [3.63, 3.8) is 0 Å². The van der Waals surface area contributed by atoms with Crippen LogP contribution in [0.4, 0.5) is 0 Å². The van der Waals surface area contributed by atoms with E-state index in [2.05, 4.69) is 20.3 Å². The van der Waals surface area contributed by atoms with E-state index in [4.69, 9.17) is 0 Å². The van der Waals surface area contributed by atoms with Gasteiger partial charge in [0, 0.05) is 42.5 Å². The van der Waals surface area contributed by atoms with Gasteiger partial charge in [-0.05, 0) is 72.5 Å². The monoisotopic (exact) mass is 398 g/mol. The number of nitrogens with zero attached hydrogens (tertiary/aromatic N) is 2. The van der Waals surface area contributed by atoms with Crippen molar-refractivity contribution in [1.82, 2.24) is 20.3 Å². The van der Waals surface area contributed by atoms with E-state index < -0.39 is 0 Å². The van der Waals surface area contributed by atoms with Gasteiger partial charge in [0.05, 0.1) is 0 Å². The molecular weight excluding hydrogens is 376 g/mol. The minimum atomic E-state index is -0.124. The summed E-state index contributed by atoms with van der Waals surface area (Å²) < 4.78 is 0. The average Bonchev–Trinajstić information content (AvgIpc) is 3.22. The van der Waals surface area contributed by atoms with E-state index in [-0.39, 0.29) is 11.7 Å². The highest BCUT2D eigenvalue weighted by Gasteiger charge is 2.12. The quantitative estimate of drug-likeness (QED) is 0.457. The second-order valence-electron chi connectivity index (χ2n) is 7.05. The van der Waals surface area contributed by atoms with E-state index in [1.807, 2.05) is 55.5 Å². The Hall–Kier alpha value is -3.80.